The van der Waals surface area contributed by atoms with E-state index in [4.69, 9.17) is 4.42 Å². The van der Waals surface area contributed by atoms with Crippen molar-refractivity contribution >= 4 is 43.4 Å². The minimum absolute atomic E-state index is 0.0389. The molecule has 0 unspecified atom stereocenters. The van der Waals surface area contributed by atoms with E-state index in [0.29, 0.717) is 0 Å². The van der Waals surface area contributed by atoms with Gasteiger partial charge in [-0.2, -0.15) is 4.37 Å². The molecule has 176 valence electrons. The highest BCUT2D eigenvalue weighted by Crippen LogP contribution is 2.32. The highest BCUT2D eigenvalue weighted by Gasteiger charge is 2.26. The van der Waals surface area contributed by atoms with Crippen LogP contribution < -0.4 is 15.8 Å². The van der Waals surface area contributed by atoms with Crippen molar-refractivity contribution in [2.75, 3.05) is 17.8 Å². The quantitative estimate of drug-likeness (QED) is 0.416. The summed E-state index contributed by atoms with van der Waals surface area (Å²) < 4.78 is 53.2. The number of nitrogens with one attached hydrogen (secondary N) is 2. The summed E-state index contributed by atoms with van der Waals surface area (Å²) in [7, 11) is -4.16. The third-order valence-electron chi connectivity index (χ3n) is 5.74. The summed E-state index contributed by atoms with van der Waals surface area (Å²) in [6.07, 6.45) is 4.14. The van der Waals surface area contributed by atoms with E-state index in [-0.39, 0.29) is 21.1 Å². The average Bonchev–Trinajstić information content (AvgIpc) is 3.45. The van der Waals surface area contributed by atoms with Crippen molar-refractivity contribution in [3.05, 3.63) is 76.3 Å². The van der Waals surface area contributed by atoms with Crippen molar-refractivity contribution in [1.82, 2.24) is 19.2 Å². The minimum atomic E-state index is -4.16. The first-order chi connectivity index (χ1) is 16.3. The maximum absolute atomic E-state index is 15.3. The molecule has 0 amide bonds. The second kappa shape index (κ2) is 8.78. The lowest BCUT2D eigenvalue weighted by Crippen LogP contribution is -2.23. The van der Waals surface area contributed by atoms with Crippen LogP contribution in [0.1, 0.15) is 30.5 Å². The van der Waals surface area contributed by atoms with Crippen molar-refractivity contribution in [3.8, 4) is 0 Å². The molecule has 3 heterocycles. The van der Waals surface area contributed by atoms with E-state index in [1.807, 2.05) is 24.3 Å². The van der Waals surface area contributed by atoms with Crippen LogP contribution in [-0.4, -0.2) is 35.4 Å². The first-order valence-electron chi connectivity index (χ1n) is 10.5. The molecule has 0 saturated heterocycles. The van der Waals surface area contributed by atoms with E-state index in [9.17, 15) is 13.2 Å². The molecule has 0 bridgehead atoms. The van der Waals surface area contributed by atoms with Gasteiger partial charge in [0, 0.05) is 24.1 Å². The van der Waals surface area contributed by atoms with E-state index in [1.54, 1.807) is 6.92 Å². The third-order valence-corrected chi connectivity index (χ3v) is 7.77. The van der Waals surface area contributed by atoms with Gasteiger partial charge in [-0.15, -0.1) is 0 Å². The highest BCUT2D eigenvalue weighted by atomic mass is 32.2. The Bertz CT molecular complexity index is 1560. The predicted octanol–water partition coefficient (Wildman–Crippen LogP) is 3.37. The van der Waals surface area contributed by atoms with Gasteiger partial charge >= 0.3 is 5.76 Å². The normalized spacial score (nSPS) is 15.3. The lowest BCUT2D eigenvalue weighted by molar-refractivity contribution is 0.487. The van der Waals surface area contributed by atoms with Crippen molar-refractivity contribution in [1.29, 1.82) is 0 Å². The van der Waals surface area contributed by atoms with Gasteiger partial charge in [-0.25, -0.2) is 22.6 Å². The zero-order chi connectivity index (χ0) is 23.9. The first-order valence-corrected chi connectivity index (χ1v) is 12.7. The van der Waals surface area contributed by atoms with Gasteiger partial charge in [-0.1, -0.05) is 30.3 Å². The number of rotatable bonds is 6. The zero-order valence-electron chi connectivity index (χ0n) is 18.0. The summed E-state index contributed by atoms with van der Waals surface area (Å²) in [4.78, 5) is 16.2. The van der Waals surface area contributed by atoms with Crippen LogP contribution in [-0.2, 0) is 10.0 Å². The number of nitrogens with zero attached hydrogens (tertiary/aromatic N) is 3. The molecule has 34 heavy (non-hydrogen) atoms. The van der Waals surface area contributed by atoms with Gasteiger partial charge in [0.1, 0.15) is 11.8 Å². The molecule has 4 aromatic rings. The largest absolute Gasteiger partial charge is 0.420 e. The summed E-state index contributed by atoms with van der Waals surface area (Å²) in [6, 6.07) is 9.11. The van der Waals surface area contributed by atoms with Gasteiger partial charge in [0.25, 0.3) is 10.0 Å². The van der Waals surface area contributed by atoms with Crippen molar-refractivity contribution < 1.29 is 17.2 Å². The number of halogens is 1. The number of sulfonamides is 1. The summed E-state index contributed by atoms with van der Waals surface area (Å²) >= 11 is 0.842. The molecule has 1 atom stereocenters. The smallest absolute Gasteiger partial charge is 0.408 e. The van der Waals surface area contributed by atoms with Crippen LogP contribution in [0.3, 0.4) is 0 Å². The van der Waals surface area contributed by atoms with Crippen molar-refractivity contribution in [3.63, 3.8) is 0 Å². The molecule has 2 N–H and O–H groups in total. The van der Waals surface area contributed by atoms with Crippen molar-refractivity contribution in [2.45, 2.75) is 24.3 Å². The monoisotopic (exact) mass is 501 g/mol. The lowest BCUT2D eigenvalue weighted by Gasteiger charge is -2.21. The van der Waals surface area contributed by atoms with Gasteiger partial charge in [0.2, 0.25) is 5.13 Å². The number of benzene rings is 2. The molecule has 2 aromatic carbocycles. The van der Waals surface area contributed by atoms with Crippen LogP contribution in [0.5, 0.6) is 0 Å². The van der Waals surface area contributed by atoms with Crippen LogP contribution in [0.15, 0.2) is 62.9 Å². The topological polar surface area (TPSA) is 119 Å². The van der Waals surface area contributed by atoms with E-state index in [2.05, 4.69) is 25.5 Å². The molecular formula is C22H20FN5O4S2. The van der Waals surface area contributed by atoms with Gasteiger partial charge in [-0.05, 0) is 42.7 Å². The second-order valence-electron chi connectivity index (χ2n) is 7.79. The second-order valence-corrected chi connectivity index (χ2v) is 10.3. The minimum Gasteiger partial charge on any atom is -0.408 e. The van der Waals surface area contributed by atoms with E-state index < -0.39 is 27.6 Å². The Labute approximate surface area is 198 Å². The fraction of sp³-hybridized carbons (Fsp3) is 0.227. The van der Waals surface area contributed by atoms with Gasteiger partial charge < -0.3 is 9.73 Å². The van der Waals surface area contributed by atoms with Crippen LogP contribution in [0.2, 0.25) is 0 Å². The summed E-state index contributed by atoms with van der Waals surface area (Å²) in [5.74, 6) is -1.66. The summed E-state index contributed by atoms with van der Waals surface area (Å²) in [5.41, 5.74) is 2.72. The fourth-order valence-corrected chi connectivity index (χ4v) is 5.84. The standard InChI is InChI=1S/C22H20FN5O4S2/c1-13(16-4-2-3-5-17(16)14-6-8-24-9-7-14)28-20-18(23)10-15(11-19(20)32-22(28)29)34(30,31)27-21-25-12-26-33-21/h2-6,10-13,24H,7-9H2,1H3,(H,25,26,27)/t13-/m0/s1. The lowest BCUT2D eigenvalue weighted by atomic mass is 9.92. The molecule has 1 aliphatic heterocycles. The average molecular weight is 502 g/mol. The molecule has 9 nitrogen and oxygen atoms in total. The molecule has 0 radical (unpaired) electrons. The molecule has 2 aromatic heterocycles. The first kappa shape index (κ1) is 22.4. The predicted molar refractivity (Wildman–Crippen MR) is 127 cm³/mol. The molecular weight excluding hydrogens is 481 g/mol. The van der Waals surface area contributed by atoms with Gasteiger partial charge in [-0.3, -0.25) is 9.29 Å². The fourth-order valence-electron chi connectivity index (χ4n) is 4.16. The number of fused-ring (bicyclic) bond motifs is 1. The number of anilines is 1. The van der Waals surface area contributed by atoms with E-state index in [1.165, 1.54) is 10.9 Å². The van der Waals surface area contributed by atoms with Crippen LogP contribution in [0.25, 0.3) is 16.7 Å². The number of aromatic nitrogens is 3. The van der Waals surface area contributed by atoms with E-state index in [0.717, 1.165) is 59.9 Å². The maximum atomic E-state index is 15.3. The van der Waals surface area contributed by atoms with Crippen LogP contribution in [0, 0.1) is 5.82 Å². The van der Waals surface area contributed by atoms with Crippen LogP contribution in [0.4, 0.5) is 9.52 Å². The maximum Gasteiger partial charge on any atom is 0.420 e. The van der Waals surface area contributed by atoms with Crippen molar-refractivity contribution in [2.24, 2.45) is 0 Å². The molecule has 12 heteroatoms. The van der Waals surface area contributed by atoms with Gasteiger partial charge in [0.05, 0.1) is 10.9 Å². The molecule has 0 spiro atoms. The van der Waals surface area contributed by atoms with Crippen LogP contribution >= 0.6 is 11.5 Å². The Morgan fingerprint density at radius 1 is 1.29 bits per heavy atom. The molecule has 1 aliphatic rings. The summed E-state index contributed by atoms with van der Waals surface area (Å²) in [6.45, 7) is 3.39. The molecule has 0 saturated carbocycles. The zero-order valence-corrected chi connectivity index (χ0v) is 19.6. The Morgan fingerprint density at radius 3 is 2.85 bits per heavy atom. The highest BCUT2D eigenvalue weighted by molar-refractivity contribution is 7.93. The Hall–Kier alpha value is -3.35. The SMILES string of the molecule is C[C@@H](c1ccccc1C1=CCNCC1)n1c(=O)oc2cc(S(=O)(=O)Nc3ncns3)cc(F)c21. The summed E-state index contributed by atoms with van der Waals surface area (Å²) in [5, 5.41) is 3.31. The number of hydrogen-bond acceptors (Lipinski definition) is 8. The van der Waals surface area contributed by atoms with E-state index >= 15 is 4.39 Å². The third kappa shape index (κ3) is 4.04. The van der Waals surface area contributed by atoms with Gasteiger partial charge in [0.15, 0.2) is 11.4 Å². The molecule has 5 rings (SSSR count). The number of oxazole rings is 1. The Balaban J connectivity index is 1.59. The Morgan fingerprint density at radius 2 is 2.12 bits per heavy atom. The molecule has 0 aliphatic carbocycles. The Kier molecular flexibility index (Phi) is 5.80. The molecule has 0 fully saturated rings. The number of hydrogen-bond donors (Lipinski definition) is 2.